The average molecular weight is 240 g/mol. The van der Waals surface area contributed by atoms with Gasteiger partial charge in [-0.25, -0.2) is 0 Å². The molecule has 0 saturated carbocycles. The smallest absolute Gasteiger partial charge is 0.0836 e. The van der Waals surface area contributed by atoms with Gasteiger partial charge in [0.1, 0.15) is 0 Å². The Hall–Kier alpha value is -0.420. The van der Waals surface area contributed by atoms with Gasteiger partial charge in [-0.05, 0) is 37.9 Å². The molecule has 0 aliphatic carbocycles. The third kappa shape index (κ3) is 3.56. The average Bonchev–Trinajstić information content (AvgIpc) is 2.83. The molecular weight excluding hydrogens is 220 g/mol. The molecule has 1 unspecified atom stereocenters. The van der Waals surface area contributed by atoms with Crippen molar-refractivity contribution in [2.24, 2.45) is 0 Å². The molecule has 1 aliphatic heterocycles. The molecule has 1 aromatic heterocycles. The zero-order chi connectivity index (χ0) is 11.2. The summed E-state index contributed by atoms with van der Waals surface area (Å²) in [5, 5.41) is 5.61. The highest BCUT2D eigenvalue weighted by molar-refractivity contribution is 7.09. The molecule has 0 bridgehead atoms. The number of thiophene rings is 1. The lowest BCUT2D eigenvalue weighted by Crippen LogP contribution is -2.51. The van der Waals surface area contributed by atoms with Crippen LogP contribution in [0, 0.1) is 0 Å². The number of nitrogens with one attached hydrogen (secondary N) is 1. The van der Waals surface area contributed by atoms with Gasteiger partial charge in [0, 0.05) is 11.4 Å². The van der Waals surface area contributed by atoms with Crippen LogP contribution in [0.4, 0.5) is 0 Å². The van der Waals surface area contributed by atoms with E-state index in [0.29, 0.717) is 6.17 Å². The lowest BCUT2D eigenvalue weighted by atomic mass is 10.2. The Balaban J connectivity index is 1.65. The Labute approximate surface area is 101 Å². The Kier molecular flexibility index (Phi) is 4.78. The van der Waals surface area contributed by atoms with Gasteiger partial charge in [0.05, 0.1) is 19.4 Å². The summed E-state index contributed by atoms with van der Waals surface area (Å²) in [6.07, 6.45) is 2.81. The Morgan fingerprint density at radius 2 is 2.56 bits per heavy atom. The summed E-state index contributed by atoms with van der Waals surface area (Å²) in [7, 11) is 2.17. The summed E-state index contributed by atoms with van der Waals surface area (Å²) >= 11 is 1.85. The van der Waals surface area contributed by atoms with E-state index in [2.05, 4.69) is 34.8 Å². The number of hydrogen-bond donors (Lipinski definition) is 1. The van der Waals surface area contributed by atoms with Crippen molar-refractivity contribution in [2.75, 3.05) is 33.4 Å². The molecule has 2 heterocycles. The van der Waals surface area contributed by atoms with Gasteiger partial charge in [0.25, 0.3) is 0 Å². The SMILES string of the molecule is CN(CCCc1cccs1)C1COCCN1. The molecule has 3 nitrogen and oxygen atoms in total. The van der Waals surface area contributed by atoms with E-state index < -0.39 is 0 Å². The Morgan fingerprint density at radius 3 is 3.25 bits per heavy atom. The molecule has 16 heavy (non-hydrogen) atoms. The van der Waals surface area contributed by atoms with E-state index in [1.165, 1.54) is 17.7 Å². The van der Waals surface area contributed by atoms with Crippen molar-refractivity contribution in [1.82, 2.24) is 10.2 Å². The van der Waals surface area contributed by atoms with Gasteiger partial charge in [0.15, 0.2) is 0 Å². The summed E-state index contributed by atoms with van der Waals surface area (Å²) in [6, 6.07) is 4.34. The fraction of sp³-hybridized carbons (Fsp3) is 0.667. The molecule has 0 aromatic carbocycles. The number of likely N-dealkylation sites (N-methyl/N-ethyl adjacent to an activating group) is 1. The molecule has 2 rings (SSSR count). The second-order valence-electron chi connectivity index (χ2n) is 4.21. The fourth-order valence-corrected chi connectivity index (χ4v) is 2.70. The van der Waals surface area contributed by atoms with E-state index in [4.69, 9.17) is 4.74 Å². The van der Waals surface area contributed by atoms with Gasteiger partial charge in [0.2, 0.25) is 0 Å². The quantitative estimate of drug-likeness (QED) is 0.845. The van der Waals surface area contributed by atoms with E-state index in [0.717, 1.165) is 26.3 Å². The summed E-state index contributed by atoms with van der Waals surface area (Å²) in [4.78, 5) is 3.84. The van der Waals surface area contributed by atoms with Gasteiger partial charge in [-0.2, -0.15) is 0 Å². The van der Waals surface area contributed by atoms with Crippen LogP contribution >= 0.6 is 11.3 Å². The highest BCUT2D eigenvalue weighted by Crippen LogP contribution is 2.11. The van der Waals surface area contributed by atoms with Gasteiger partial charge in [-0.15, -0.1) is 11.3 Å². The minimum atomic E-state index is 0.400. The fourth-order valence-electron chi connectivity index (χ4n) is 1.95. The highest BCUT2D eigenvalue weighted by atomic mass is 32.1. The lowest BCUT2D eigenvalue weighted by Gasteiger charge is -2.32. The first kappa shape index (κ1) is 12.0. The van der Waals surface area contributed by atoms with Crippen molar-refractivity contribution in [3.63, 3.8) is 0 Å². The molecule has 0 spiro atoms. The number of rotatable bonds is 5. The van der Waals surface area contributed by atoms with Crippen LogP contribution in [-0.4, -0.2) is 44.4 Å². The van der Waals surface area contributed by atoms with E-state index in [9.17, 15) is 0 Å². The van der Waals surface area contributed by atoms with Crippen LogP contribution < -0.4 is 5.32 Å². The third-order valence-electron chi connectivity index (χ3n) is 2.95. The third-order valence-corrected chi connectivity index (χ3v) is 3.88. The summed E-state index contributed by atoms with van der Waals surface area (Å²) in [6.45, 7) is 3.76. The van der Waals surface area contributed by atoms with Crippen molar-refractivity contribution < 1.29 is 4.74 Å². The molecule has 0 amide bonds. The predicted octanol–water partition coefficient (Wildman–Crippen LogP) is 1.56. The number of ether oxygens (including phenoxy) is 1. The lowest BCUT2D eigenvalue weighted by molar-refractivity contribution is 0.0191. The van der Waals surface area contributed by atoms with Crippen molar-refractivity contribution in [3.05, 3.63) is 22.4 Å². The van der Waals surface area contributed by atoms with E-state index in [1.807, 2.05) is 11.3 Å². The molecular formula is C12H20N2OS. The van der Waals surface area contributed by atoms with E-state index in [1.54, 1.807) is 0 Å². The molecule has 1 aliphatic rings. The number of nitrogens with zero attached hydrogens (tertiary/aromatic N) is 1. The molecule has 1 atom stereocenters. The van der Waals surface area contributed by atoms with Crippen LogP contribution in [0.3, 0.4) is 0 Å². The molecule has 1 fully saturated rings. The Morgan fingerprint density at radius 1 is 1.62 bits per heavy atom. The van der Waals surface area contributed by atoms with Crippen LogP contribution in [0.2, 0.25) is 0 Å². The molecule has 0 radical (unpaired) electrons. The number of hydrogen-bond acceptors (Lipinski definition) is 4. The van der Waals surface area contributed by atoms with Crippen molar-refractivity contribution in [3.8, 4) is 0 Å². The highest BCUT2D eigenvalue weighted by Gasteiger charge is 2.16. The zero-order valence-corrected chi connectivity index (χ0v) is 10.6. The van der Waals surface area contributed by atoms with Crippen LogP contribution in [0.5, 0.6) is 0 Å². The van der Waals surface area contributed by atoms with Gasteiger partial charge in [-0.1, -0.05) is 6.07 Å². The minimum absolute atomic E-state index is 0.400. The van der Waals surface area contributed by atoms with Gasteiger partial charge < -0.3 is 4.74 Å². The standard InChI is InChI=1S/C12H20N2OS/c1-14(12-10-15-8-6-13-12)7-2-4-11-5-3-9-16-11/h3,5,9,12-13H,2,4,6-8,10H2,1H3. The molecule has 1 aromatic rings. The van der Waals surface area contributed by atoms with Crippen molar-refractivity contribution in [2.45, 2.75) is 19.0 Å². The van der Waals surface area contributed by atoms with Crippen LogP contribution in [0.1, 0.15) is 11.3 Å². The topological polar surface area (TPSA) is 24.5 Å². The number of aryl methyl sites for hydroxylation is 1. The largest absolute Gasteiger partial charge is 0.377 e. The van der Waals surface area contributed by atoms with Crippen LogP contribution in [0.15, 0.2) is 17.5 Å². The second-order valence-corrected chi connectivity index (χ2v) is 5.24. The molecule has 90 valence electrons. The molecule has 1 N–H and O–H groups in total. The predicted molar refractivity (Wildman–Crippen MR) is 67.9 cm³/mol. The Bertz CT molecular complexity index is 283. The monoisotopic (exact) mass is 240 g/mol. The van der Waals surface area contributed by atoms with Gasteiger partial charge in [-0.3, -0.25) is 10.2 Å². The number of morpholine rings is 1. The van der Waals surface area contributed by atoms with Gasteiger partial charge >= 0.3 is 0 Å². The zero-order valence-electron chi connectivity index (χ0n) is 9.82. The van der Waals surface area contributed by atoms with E-state index in [-0.39, 0.29) is 0 Å². The maximum Gasteiger partial charge on any atom is 0.0836 e. The normalized spacial score (nSPS) is 21.5. The molecule has 4 heteroatoms. The van der Waals surface area contributed by atoms with Crippen molar-refractivity contribution in [1.29, 1.82) is 0 Å². The van der Waals surface area contributed by atoms with Crippen LogP contribution in [-0.2, 0) is 11.2 Å². The second kappa shape index (κ2) is 6.35. The summed E-state index contributed by atoms with van der Waals surface area (Å²) in [5.41, 5.74) is 0. The minimum Gasteiger partial charge on any atom is -0.377 e. The maximum absolute atomic E-state index is 5.45. The first-order chi connectivity index (χ1) is 7.86. The summed E-state index contributed by atoms with van der Waals surface area (Å²) < 4.78 is 5.45. The van der Waals surface area contributed by atoms with Crippen LogP contribution in [0.25, 0.3) is 0 Å². The first-order valence-electron chi connectivity index (χ1n) is 5.90. The first-order valence-corrected chi connectivity index (χ1v) is 6.78. The van der Waals surface area contributed by atoms with E-state index >= 15 is 0 Å². The maximum atomic E-state index is 5.45. The molecule has 1 saturated heterocycles. The van der Waals surface area contributed by atoms with Crippen molar-refractivity contribution >= 4 is 11.3 Å². The summed E-state index contributed by atoms with van der Waals surface area (Å²) in [5.74, 6) is 0.